The van der Waals surface area contributed by atoms with E-state index in [1.165, 1.54) is 12.8 Å². The van der Waals surface area contributed by atoms with Crippen molar-refractivity contribution in [3.63, 3.8) is 0 Å². The Morgan fingerprint density at radius 2 is 1.52 bits per heavy atom. The average Bonchev–Trinajstić information content (AvgIpc) is 2.54. The van der Waals surface area contributed by atoms with Gasteiger partial charge in [-0.25, -0.2) is 9.69 Å². The molecule has 0 N–H and O–H groups in total. The predicted octanol–water partition coefficient (Wildman–Crippen LogP) is 6.89. The molecule has 1 aliphatic heterocycles. The van der Waals surface area contributed by atoms with Crippen LogP contribution in [0.1, 0.15) is 79.6 Å². The largest absolute Gasteiger partial charge is 0.443 e. The summed E-state index contributed by atoms with van der Waals surface area (Å²) in [5.41, 5.74) is 1.30. The Labute approximate surface area is 154 Å². The highest BCUT2D eigenvalue weighted by atomic mass is 16.6. The molecule has 1 amide bonds. The fraction of sp³-hybridized carbons (Fsp3) is 0.591. The van der Waals surface area contributed by atoms with E-state index in [9.17, 15) is 4.79 Å². The van der Waals surface area contributed by atoms with Gasteiger partial charge in [0.05, 0.1) is 0 Å². The fourth-order valence-electron chi connectivity index (χ4n) is 2.49. The lowest BCUT2D eigenvalue weighted by molar-refractivity contribution is 0.0373. The summed E-state index contributed by atoms with van der Waals surface area (Å²) in [5.74, 6) is 0. The van der Waals surface area contributed by atoms with Gasteiger partial charge in [0.15, 0.2) is 0 Å². The van der Waals surface area contributed by atoms with Gasteiger partial charge in [-0.1, -0.05) is 63.8 Å². The van der Waals surface area contributed by atoms with Crippen LogP contribution in [0.2, 0.25) is 0 Å². The van der Waals surface area contributed by atoms with Crippen LogP contribution < -0.4 is 0 Å². The zero-order valence-corrected chi connectivity index (χ0v) is 16.7. The molecule has 1 heterocycles. The van der Waals surface area contributed by atoms with E-state index < -0.39 is 5.60 Å². The van der Waals surface area contributed by atoms with Crippen LogP contribution in [0.25, 0.3) is 0 Å². The standard InChI is InChI=1S/C22H35NO2/c1-6-8-10-12-15-19-17-14-18-20(16-13-11-9-7-2)23(19)21(24)25-22(3,4)5/h12-13,15-18H,6-11,14H2,1-5H3/b15-12+,16-13+. The number of unbranched alkanes of at least 4 members (excludes halogenated alkanes) is 4. The molecule has 0 bridgehead atoms. The molecule has 0 fully saturated rings. The number of amides is 1. The van der Waals surface area contributed by atoms with Crippen molar-refractivity contribution >= 4 is 6.09 Å². The third-order valence-corrected chi connectivity index (χ3v) is 3.77. The van der Waals surface area contributed by atoms with Crippen LogP contribution in [0.15, 0.2) is 47.9 Å². The first-order chi connectivity index (χ1) is 11.9. The molecule has 0 radical (unpaired) electrons. The first-order valence-electron chi connectivity index (χ1n) is 9.65. The summed E-state index contributed by atoms with van der Waals surface area (Å²) in [6, 6.07) is 0. The fourth-order valence-corrected chi connectivity index (χ4v) is 2.49. The molecular weight excluding hydrogens is 310 g/mol. The first kappa shape index (κ1) is 21.3. The topological polar surface area (TPSA) is 29.5 Å². The van der Waals surface area contributed by atoms with Crippen molar-refractivity contribution in [2.75, 3.05) is 0 Å². The van der Waals surface area contributed by atoms with Crippen molar-refractivity contribution in [2.45, 2.75) is 85.2 Å². The van der Waals surface area contributed by atoms with Crippen LogP contribution in [0, 0.1) is 0 Å². The summed E-state index contributed by atoms with van der Waals surface area (Å²) in [5, 5.41) is 0. The van der Waals surface area contributed by atoms with E-state index in [1.807, 2.05) is 32.9 Å². The monoisotopic (exact) mass is 345 g/mol. The lowest BCUT2D eigenvalue weighted by Gasteiger charge is -2.30. The van der Waals surface area contributed by atoms with Crippen LogP contribution in [-0.2, 0) is 4.74 Å². The Morgan fingerprint density at radius 1 is 1.04 bits per heavy atom. The van der Waals surface area contributed by atoms with Crippen molar-refractivity contribution in [2.24, 2.45) is 0 Å². The van der Waals surface area contributed by atoms with Gasteiger partial charge in [-0.2, -0.15) is 0 Å². The molecule has 0 spiro atoms. The van der Waals surface area contributed by atoms with Gasteiger partial charge in [-0.15, -0.1) is 0 Å². The zero-order valence-electron chi connectivity index (χ0n) is 16.7. The van der Waals surface area contributed by atoms with E-state index in [-0.39, 0.29) is 6.09 Å². The van der Waals surface area contributed by atoms with Gasteiger partial charge >= 0.3 is 6.09 Å². The van der Waals surface area contributed by atoms with Gasteiger partial charge in [0, 0.05) is 11.4 Å². The number of rotatable bonds is 8. The highest BCUT2D eigenvalue weighted by Crippen LogP contribution is 2.25. The molecule has 0 unspecified atom stereocenters. The quantitative estimate of drug-likeness (QED) is 0.448. The van der Waals surface area contributed by atoms with Crippen LogP contribution in [0.5, 0.6) is 0 Å². The molecule has 3 nitrogen and oxygen atoms in total. The van der Waals surface area contributed by atoms with Crippen molar-refractivity contribution in [3.8, 4) is 0 Å². The molecule has 0 aromatic carbocycles. The van der Waals surface area contributed by atoms with E-state index in [4.69, 9.17) is 4.74 Å². The maximum Gasteiger partial charge on any atom is 0.419 e. The van der Waals surface area contributed by atoms with Crippen LogP contribution in [0.4, 0.5) is 4.79 Å². The van der Waals surface area contributed by atoms with Gasteiger partial charge in [0.1, 0.15) is 5.60 Å². The summed E-state index contributed by atoms with van der Waals surface area (Å²) in [6.07, 6.45) is 19.8. The second-order valence-electron chi connectivity index (χ2n) is 7.40. The van der Waals surface area contributed by atoms with E-state index in [0.29, 0.717) is 0 Å². The number of nitrogens with zero attached hydrogens (tertiary/aromatic N) is 1. The number of allylic oxidation sites excluding steroid dienone is 6. The number of hydrogen-bond donors (Lipinski definition) is 0. The van der Waals surface area contributed by atoms with Crippen molar-refractivity contribution in [1.29, 1.82) is 0 Å². The van der Waals surface area contributed by atoms with Gasteiger partial charge < -0.3 is 4.74 Å². The minimum atomic E-state index is -0.511. The molecule has 0 saturated heterocycles. The maximum atomic E-state index is 12.8. The SMILES string of the molecule is CCCC/C=C/C1=CCC=C(/C=C/CCCC)N1C(=O)OC(C)(C)C. The van der Waals surface area contributed by atoms with Crippen molar-refractivity contribution < 1.29 is 9.53 Å². The summed E-state index contributed by atoms with van der Waals surface area (Å²) >= 11 is 0. The molecular formula is C22H35NO2. The highest BCUT2D eigenvalue weighted by molar-refractivity contribution is 5.75. The van der Waals surface area contributed by atoms with E-state index >= 15 is 0 Å². The molecule has 1 aliphatic rings. The Hall–Kier alpha value is -1.77. The van der Waals surface area contributed by atoms with Gasteiger partial charge in [0.2, 0.25) is 0 Å². The average molecular weight is 346 g/mol. The number of ether oxygens (including phenoxy) is 1. The molecule has 25 heavy (non-hydrogen) atoms. The van der Waals surface area contributed by atoms with Gasteiger partial charge in [0.25, 0.3) is 0 Å². The van der Waals surface area contributed by atoms with Crippen LogP contribution in [-0.4, -0.2) is 16.6 Å². The molecule has 0 aliphatic carbocycles. The summed E-state index contributed by atoms with van der Waals surface area (Å²) in [6.45, 7) is 10.1. The Bertz CT molecular complexity index is 499. The lowest BCUT2D eigenvalue weighted by atomic mass is 10.1. The first-order valence-corrected chi connectivity index (χ1v) is 9.65. The van der Waals surface area contributed by atoms with Gasteiger partial charge in [-0.3, -0.25) is 0 Å². The predicted molar refractivity (Wildman–Crippen MR) is 106 cm³/mol. The zero-order chi connectivity index (χ0) is 18.7. The minimum absolute atomic E-state index is 0.315. The van der Waals surface area contributed by atoms with Gasteiger partial charge in [-0.05, 0) is 52.2 Å². The van der Waals surface area contributed by atoms with Crippen LogP contribution >= 0.6 is 0 Å². The highest BCUT2D eigenvalue weighted by Gasteiger charge is 2.27. The summed E-state index contributed by atoms with van der Waals surface area (Å²) in [4.78, 5) is 14.5. The molecule has 140 valence electrons. The molecule has 3 heteroatoms. The van der Waals surface area contributed by atoms with E-state index in [2.05, 4.69) is 38.2 Å². The maximum absolute atomic E-state index is 12.8. The number of carbonyl (C=O) groups excluding carboxylic acids is 1. The minimum Gasteiger partial charge on any atom is -0.443 e. The second kappa shape index (κ2) is 11.0. The van der Waals surface area contributed by atoms with E-state index in [1.54, 1.807) is 4.90 Å². The van der Waals surface area contributed by atoms with Crippen molar-refractivity contribution in [3.05, 3.63) is 47.9 Å². The Balaban J connectivity index is 2.94. The molecule has 0 aromatic heterocycles. The normalized spacial score (nSPS) is 15.6. The molecule has 0 saturated carbocycles. The Morgan fingerprint density at radius 3 is 1.92 bits per heavy atom. The van der Waals surface area contributed by atoms with Crippen LogP contribution in [0.3, 0.4) is 0 Å². The molecule has 1 rings (SSSR count). The third-order valence-electron chi connectivity index (χ3n) is 3.77. The van der Waals surface area contributed by atoms with Crippen molar-refractivity contribution in [1.82, 2.24) is 4.90 Å². The summed E-state index contributed by atoms with van der Waals surface area (Å²) in [7, 11) is 0. The Kier molecular flexibility index (Phi) is 9.33. The number of hydrogen-bond acceptors (Lipinski definition) is 2. The second-order valence-corrected chi connectivity index (χ2v) is 7.40. The summed E-state index contributed by atoms with van der Waals surface area (Å²) < 4.78 is 5.63. The third kappa shape index (κ3) is 8.24. The van der Waals surface area contributed by atoms with E-state index in [0.717, 1.165) is 43.5 Å². The molecule has 0 aromatic rings. The number of carbonyl (C=O) groups is 1. The molecule has 0 atom stereocenters. The lowest BCUT2D eigenvalue weighted by Crippen LogP contribution is -2.36. The smallest absolute Gasteiger partial charge is 0.419 e.